The summed E-state index contributed by atoms with van der Waals surface area (Å²) in [7, 11) is 0.653. The molecule has 0 N–H and O–H groups in total. The van der Waals surface area contributed by atoms with Gasteiger partial charge in [-0.3, -0.25) is 0 Å². The summed E-state index contributed by atoms with van der Waals surface area (Å²) in [5.74, 6) is 3.95. The second-order valence-electron chi connectivity index (χ2n) is 8.74. The molecule has 0 aliphatic heterocycles. The maximum absolute atomic E-state index is 2.45. The predicted molar refractivity (Wildman–Crippen MR) is 121 cm³/mol. The van der Waals surface area contributed by atoms with Crippen LogP contribution in [-0.2, 0) is 17.1 Å². The summed E-state index contributed by atoms with van der Waals surface area (Å²) in [6, 6.07) is 0. The molecule has 0 heterocycles. The maximum Gasteiger partial charge on any atom is 0 e. The third kappa shape index (κ3) is 9.93. The molecule has 154 valence electrons. The Balaban J connectivity index is 0. The SMILES string of the molecule is CC.CC(C)C1CCCC1P(C)C.CC(C)C1CCCC1P(C)C.[Fe]. The summed E-state index contributed by atoms with van der Waals surface area (Å²) >= 11 is 0. The third-order valence-electron chi connectivity index (χ3n) is 6.10. The first-order valence-electron chi connectivity index (χ1n) is 10.6. The Kier molecular flexibility index (Phi) is 17.5. The quantitative estimate of drug-likeness (QED) is 0.312. The largest absolute Gasteiger partial charge is 0.110 e. The summed E-state index contributed by atoms with van der Waals surface area (Å²) in [5.41, 5.74) is 2.18. The fraction of sp³-hybridized carbons (Fsp3) is 1.00. The molecule has 2 aliphatic carbocycles. The van der Waals surface area contributed by atoms with Crippen molar-refractivity contribution in [1.29, 1.82) is 0 Å². The monoisotopic (exact) mass is 430 g/mol. The molecule has 2 aliphatic rings. The molecule has 0 aromatic rings. The van der Waals surface area contributed by atoms with E-state index in [4.69, 9.17) is 0 Å². The molecule has 0 radical (unpaired) electrons. The van der Waals surface area contributed by atoms with Gasteiger partial charge in [-0.25, -0.2) is 0 Å². The van der Waals surface area contributed by atoms with Crippen molar-refractivity contribution in [3.05, 3.63) is 0 Å². The smallest absolute Gasteiger partial charge is 0 e. The number of hydrogen-bond acceptors (Lipinski definition) is 0. The van der Waals surface area contributed by atoms with E-state index in [0.717, 1.165) is 35.0 Å². The number of rotatable bonds is 4. The van der Waals surface area contributed by atoms with Gasteiger partial charge >= 0.3 is 0 Å². The van der Waals surface area contributed by atoms with Gasteiger partial charge in [-0.1, -0.05) is 54.4 Å². The van der Waals surface area contributed by atoms with Crippen molar-refractivity contribution in [1.82, 2.24) is 0 Å². The van der Waals surface area contributed by atoms with E-state index in [0.29, 0.717) is 15.8 Å². The van der Waals surface area contributed by atoms with E-state index in [1.54, 1.807) is 0 Å². The molecular weight excluding hydrogens is 382 g/mol. The molecule has 4 unspecified atom stereocenters. The van der Waals surface area contributed by atoms with Gasteiger partial charge in [0.25, 0.3) is 0 Å². The molecule has 2 rings (SSSR count). The number of hydrogen-bond donors (Lipinski definition) is 0. The van der Waals surface area contributed by atoms with E-state index >= 15 is 0 Å². The van der Waals surface area contributed by atoms with Gasteiger partial charge in [0, 0.05) is 17.1 Å². The summed E-state index contributed by atoms with van der Waals surface area (Å²) in [6.07, 6.45) is 9.02. The minimum atomic E-state index is 0. The standard InChI is InChI=1S/2C10H21P.C2H6.Fe/c2*1-8(2)9-6-5-7-10(9)11(3)4;1-2;/h2*8-10H,5-7H2,1-4H3;1-2H3;. The second kappa shape index (κ2) is 15.3. The third-order valence-corrected chi connectivity index (χ3v) is 10.0. The van der Waals surface area contributed by atoms with Crippen LogP contribution < -0.4 is 0 Å². The molecule has 4 atom stereocenters. The molecule has 0 nitrogen and oxygen atoms in total. The van der Waals surface area contributed by atoms with Crippen molar-refractivity contribution in [3.63, 3.8) is 0 Å². The van der Waals surface area contributed by atoms with E-state index < -0.39 is 0 Å². The molecule has 2 saturated carbocycles. The first-order valence-corrected chi connectivity index (χ1v) is 15.2. The van der Waals surface area contributed by atoms with Crippen LogP contribution in [0.5, 0.6) is 0 Å². The van der Waals surface area contributed by atoms with Crippen LogP contribution in [0.1, 0.15) is 80.1 Å². The van der Waals surface area contributed by atoms with Gasteiger partial charge in [-0.15, -0.1) is 15.8 Å². The van der Waals surface area contributed by atoms with Gasteiger partial charge in [0.1, 0.15) is 0 Å². The Morgan fingerprint density at radius 3 is 1.04 bits per heavy atom. The van der Waals surface area contributed by atoms with Gasteiger partial charge in [-0.05, 0) is 87.3 Å². The molecule has 3 heteroatoms. The summed E-state index contributed by atoms with van der Waals surface area (Å²) in [5, 5.41) is 0. The van der Waals surface area contributed by atoms with Crippen molar-refractivity contribution in [2.75, 3.05) is 26.7 Å². The fourth-order valence-corrected chi connectivity index (χ4v) is 8.69. The molecule has 0 spiro atoms. The minimum absolute atomic E-state index is 0. The summed E-state index contributed by atoms with van der Waals surface area (Å²) < 4.78 is 0. The fourth-order valence-electron chi connectivity index (χ4n) is 4.78. The van der Waals surface area contributed by atoms with Crippen LogP contribution in [0.3, 0.4) is 0 Å². The van der Waals surface area contributed by atoms with Crippen LogP contribution >= 0.6 is 15.8 Å². The maximum atomic E-state index is 2.45. The van der Waals surface area contributed by atoms with E-state index in [9.17, 15) is 0 Å². The Bertz CT molecular complexity index is 244. The van der Waals surface area contributed by atoms with E-state index in [2.05, 4.69) is 54.4 Å². The van der Waals surface area contributed by atoms with Crippen LogP contribution in [0.2, 0.25) is 0 Å². The molecule has 25 heavy (non-hydrogen) atoms. The van der Waals surface area contributed by atoms with Crippen LogP contribution in [0, 0.1) is 23.7 Å². The Labute approximate surface area is 174 Å². The second-order valence-corrected chi connectivity index (χ2v) is 13.9. The van der Waals surface area contributed by atoms with Crippen LogP contribution in [0.4, 0.5) is 0 Å². The molecule has 0 aromatic carbocycles. The van der Waals surface area contributed by atoms with Crippen molar-refractivity contribution in [2.45, 2.75) is 91.4 Å². The van der Waals surface area contributed by atoms with Gasteiger partial charge in [0.15, 0.2) is 0 Å². The van der Waals surface area contributed by atoms with Gasteiger partial charge in [0.2, 0.25) is 0 Å². The summed E-state index contributed by atoms with van der Waals surface area (Å²) in [4.78, 5) is 0. The van der Waals surface area contributed by atoms with Crippen molar-refractivity contribution in [3.8, 4) is 0 Å². The molecule has 0 amide bonds. The molecule has 0 aromatic heterocycles. The Morgan fingerprint density at radius 2 is 0.880 bits per heavy atom. The van der Waals surface area contributed by atoms with Crippen LogP contribution in [-0.4, -0.2) is 38.0 Å². The molecule has 0 bridgehead atoms. The zero-order valence-corrected chi connectivity index (χ0v) is 21.8. The Hall–Kier alpha value is 1.38. The normalized spacial score (nSPS) is 28.6. The van der Waals surface area contributed by atoms with Crippen LogP contribution in [0.25, 0.3) is 0 Å². The minimum Gasteiger partial charge on any atom is -0.110 e. The summed E-state index contributed by atoms with van der Waals surface area (Å²) in [6.45, 7) is 23.3. The van der Waals surface area contributed by atoms with E-state index in [1.807, 2.05) is 13.8 Å². The zero-order valence-electron chi connectivity index (χ0n) is 19.0. The zero-order chi connectivity index (χ0) is 18.9. The molecular formula is C22H48FeP2. The average molecular weight is 430 g/mol. The molecule has 2 fully saturated rings. The predicted octanol–water partition coefficient (Wildman–Crippen LogP) is 8.13. The van der Waals surface area contributed by atoms with Crippen molar-refractivity contribution < 1.29 is 17.1 Å². The van der Waals surface area contributed by atoms with Crippen LogP contribution in [0.15, 0.2) is 0 Å². The average Bonchev–Trinajstić information content (AvgIpc) is 3.19. The first kappa shape index (κ1) is 28.6. The van der Waals surface area contributed by atoms with Gasteiger partial charge in [-0.2, -0.15) is 0 Å². The van der Waals surface area contributed by atoms with Gasteiger partial charge < -0.3 is 0 Å². The van der Waals surface area contributed by atoms with Crippen molar-refractivity contribution >= 4 is 15.8 Å². The van der Waals surface area contributed by atoms with Gasteiger partial charge in [0.05, 0.1) is 0 Å². The van der Waals surface area contributed by atoms with E-state index in [1.165, 1.54) is 38.5 Å². The first-order chi connectivity index (χ1) is 11.3. The molecule has 0 saturated heterocycles. The topological polar surface area (TPSA) is 0 Å². The van der Waals surface area contributed by atoms with E-state index in [-0.39, 0.29) is 17.1 Å². The Morgan fingerprint density at radius 1 is 0.600 bits per heavy atom. The van der Waals surface area contributed by atoms with Crippen molar-refractivity contribution in [2.24, 2.45) is 23.7 Å².